The molecule has 3 heteroatoms. The summed E-state index contributed by atoms with van der Waals surface area (Å²) in [4.78, 5) is 0. The molecule has 0 amide bonds. The van der Waals surface area contributed by atoms with E-state index in [2.05, 4.69) is 19.2 Å². The zero-order chi connectivity index (χ0) is 14.5. The lowest BCUT2D eigenvalue weighted by molar-refractivity contribution is 0.306. The molecule has 0 heterocycles. The highest BCUT2D eigenvalue weighted by molar-refractivity contribution is 5.31. The summed E-state index contributed by atoms with van der Waals surface area (Å²) in [6.45, 7) is 7.81. The van der Waals surface area contributed by atoms with Crippen LogP contribution in [0.3, 0.4) is 0 Å². The van der Waals surface area contributed by atoms with Gasteiger partial charge in [-0.1, -0.05) is 33.1 Å². The third-order valence-electron chi connectivity index (χ3n) is 3.05. The Hall–Kier alpha value is -1.22. The van der Waals surface area contributed by atoms with Crippen LogP contribution in [0.15, 0.2) is 24.3 Å². The number of nitrogens with one attached hydrogen (secondary N) is 1. The van der Waals surface area contributed by atoms with E-state index in [-0.39, 0.29) is 0 Å². The number of hydrogen-bond acceptors (Lipinski definition) is 3. The molecule has 3 nitrogen and oxygen atoms in total. The molecule has 1 aromatic carbocycles. The second-order valence-corrected chi connectivity index (χ2v) is 4.98. The van der Waals surface area contributed by atoms with Crippen molar-refractivity contribution in [3.8, 4) is 11.5 Å². The van der Waals surface area contributed by atoms with Crippen LogP contribution < -0.4 is 14.8 Å². The Morgan fingerprint density at radius 3 is 2.00 bits per heavy atom. The zero-order valence-electron chi connectivity index (χ0n) is 13.0. The van der Waals surface area contributed by atoms with Gasteiger partial charge in [0.25, 0.3) is 0 Å². The van der Waals surface area contributed by atoms with Gasteiger partial charge in [0.15, 0.2) is 0 Å². The van der Waals surface area contributed by atoms with Crippen LogP contribution in [0.5, 0.6) is 11.5 Å². The molecule has 0 aliphatic rings. The Kier molecular flexibility index (Phi) is 9.76. The number of hydrogen-bond donors (Lipinski definition) is 1. The lowest BCUT2D eigenvalue weighted by atomic mass is 10.2. The number of ether oxygens (including phenoxy) is 2. The predicted molar refractivity (Wildman–Crippen MR) is 84.7 cm³/mol. The van der Waals surface area contributed by atoms with Gasteiger partial charge >= 0.3 is 0 Å². The molecule has 1 rings (SSSR count). The highest BCUT2D eigenvalue weighted by atomic mass is 16.5. The van der Waals surface area contributed by atoms with Gasteiger partial charge in [0, 0.05) is 6.54 Å². The van der Waals surface area contributed by atoms with Gasteiger partial charge in [-0.3, -0.25) is 0 Å². The average molecular weight is 279 g/mol. The van der Waals surface area contributed by atoms with E-state index in [1.54, 1.807) is 0 Å². The lowest BCUT2D eigenvalue weighted by Gasteiger charge is -2.09. The molecule has 0 spiro atoms. The van der Waals surface area contributed by atoms with Gasteiger partial charge in [-0.2, -0.15) is 0 Å². The van der Waals surface area contributed by atoms with Crippen LogP contribution in [-0.4, -0.2) is 26.3 Å². The topological polar surface area (TPSA) is 30.5 Å². The lowest BCUT2D eigenvalue weighted by Crippen LogP contribution is -2.22. The number of unbranched alkanes of at least 4 members (excludes halogenated alkanes) is 3. The average Bonchev–Trinajstić information content (AvgIpc) is 2.49. The van der Waals surface area contributed by atoms with Gasteiger partial charge in [0.05, 0.1) is 6.61 Å². The van der Waals surface area contributed by atoms with Crippen LogP contribution in [0.4, 0.5) is 0 Å². The van der Waals surface area contributed by atoms with Crippen LogP contribution in [0.1, 0.15) is 46.0 Å². The molecule has 20 heavy (non-hydrogen) atoms. The van der Waals surface area contributed by atoms with Crippen molar-refractivity contribution in [2.75, 3.05) is 26.3 Å². The van der Waals surface area contributed by atoms with Crippen molar-refractivity contribution in [3.63, 3.8) is 0 Å². The van der Waals surface area contributed by atoms with Gasteiger partial charge in [-0.25, -0.2) is 0 Å². The van der Waals surface area contributed by atoms with Crippen LogP contribution in [0, 0.1) is 0 Å². The Bertz CT molecular complexity index is 324. The highest BCUT2D eigenvalue weighted by Crippen LogP contribution is 2.17. The number of benzene rings is 1. The molecule has 0 aliphatic heterocycles. The van der Waals surface area contributed by atoms with Gasteiger partial charge in [0.2, 0.25) is 0 Å². The van der Waals surface area contributed by atoms with Crippen molar-refractivity contribution in [2.24, 2.45) is 0 Å². The van der Waals surface area contributed by atoms with E-state index < -0.39 is 0 Å². The monoisotopic (exact) mass is 279 g/mol. The van der Waals surface area contributed by atoms with Gasteiger partial charge in [0.1, 0.15) is 18.1 Å². The predicted octanol–water partition coefficient (Wildman–Crippen LogP) is 4.02. The van der Waals surface area contributed by atoms with E-state index in [1.807, 2.05) is 24.3 Å². The van der Waals surface area contributed by atoms with Crippen molar-refractivity contribution < 1.29 is 9.47 Å². The third kappa shape index (κ3) is 8.05. The van der Waals surface area contributed by atoms with Crippen LogP contribution in [0.2, 0.25) is 0 Å². The third-order valence-corrected chi connectivity index (χ3v) is 3.05. The highest BCUT2D eigenvalue weighted by Gasteiger charge is 1.96. The summed E-state index contributed by atoms with van der Waals surface area (Å²) in [6.07, 6.45) is 6.24. The smallest absolute Gasteiger partial charge is 0.119 e. The van der Waals surface area contributed by atoms with Crippen molar-refractivity contribution in [1.82, 2.24) is 5.32 Å². The molecule has 0 saturated carbocycles. The van der Waals surface area contributed by atoms with E-state index in [9.17, 15) is 0 Å². The van der Waals surface area contributed by atoms with Gasteiger partial charge in [-0.05, 0) is 43.7 Å². The maximum Gasteiger partial charge on any atom is 0.119 e. The molecule has 0 saturated heterocycles. The second-order valence-electron chi connectivity index (χ2n) is 4.98. The molecular formula is C17H29NO2. The second kappa shape index (κ2) is 11.6. The molecule has 0 aliphatic carbocycles. The standard InChI is InChI=1S/C17H29NO2/c1-3-5-6-7-12-18-13-15-20-17-10-8-16(9-11-17)19-14-4-2/h8-11,18H,3-7,12-15H2,1-2H3. The maximum atomic E-state index is 5.68. The Morgan fingerprint density at radius 1 is 0.750 bits per heavy atom. The fourth-order valence-corrected chi connectivity index (χ4v) is 1.89. The fourth-order valence-electron chi connectivity index (χ4n) is 1.89. The van der Waals surface area contributed by atoms with Crippen molar-refractivity contribution in [1.29, 1.82) is 0 Å². The normalized spacial score (nSPS) is 10.5. The summed E-state index contributed by atoms with van der Waals surface area (Å²) in [5.74, 6) is 1.81. The van der Waals surface area contributed by atoms with E-state index in [0.29, 0.717) is 6.61 Å². The molecule has 0 atom stereocenters. The first kappa shape index (κ1) is 16.8. The van der Waals surface area contributed by atoms with Crippen LogP contribution in [0.25, 0.3) is 0 Å². The summed E-state index contributed by atoms with van der Waals surface area (Å²) >= 11 is 0. The molecular weight excluding hydrogens is 250 g/mol. The van der Waals surface area contributed by atoms with Gasteiger partial charge < -0.3 is 14.8 Å². The maximum absolute atomic E-state index is 5.68. The largest absolute Gasteiger partial charge is 0.494 e. The van der Waals surface area contributed by atoms with Gasteiger partial charge in [-0.15, -0.1) is 0 Å². The van der Waals surface area contributed by atoms with Crippen molar-refractivity contribution >= 4 is 0 Å². The minimum atomic E-state index is 0.711. The quantitative estimate of drug-likeness (QED) is 0.586. The van der Waals surface area contributed by atoms with Crippen LogP contribution in [-0.2, 0) is 0 Å². The molecule has 0 aromatic heterocycles. The zero-order valence-corrected chi connectivity index (χ0v) is 13.0. The summed E-state index contributed by atoms with van der Waals surface area (Å²) < 4.78 is 11.2. The molecule has 0 bridgehead atoms. The van der Waals surface area contributed by atoms with Crippen molar-refractivity contribution in [2.45, 2.75) is 46.0 Å². The fraction of sp³-hybridized carbons (Fsp3) is 0.647. The number of rotatable bonds is 12. The first-order valence-corrected chi connectivity index (χ1v) is 7.93. The summed E-state index contributed by atoms with van der Waals surface area (Å²) in [5.41, 5.74) is 0. The molecule has 0 fully saturated rings. The SMILES string of the molecule is CCCCCCNCCOc1ccc(OCCC)cc1. The van der Waals surface area contributed by atoms with Crippen molar-refractivity contribution in [3.05, 3.63) is 24.3 Å². The molecule has 114 valence electrons. The van der Waals surface area contributed by atoms with E-state index in [4.69, 9.17) is 9.47 Å². The Balaban J connectivity index is 2.04. The summed E-state index contributed by atoms with van der Waals surface area (Å²) in [7, 11) is 0. The Labute approximate surface area is 123 Å². The van der Waals surface area contributed by atoms with E-state index >= 15 is 0 Å². The van der Waals surface area contributed by atoms with E-state index in [1.165, 1.54) is 25.7 Å². The minimum Gasteiger partial charge on any atom is -0.494 e. The Morgan fingerprint density at radius 2 is 1.40 bits per heavy atom. The first-order valence-electron chi connectivity index (χ1n) is 7.93. The van der Waals surface area contributed by atoms with Crippen LogP contribution >= 0.6 is 0 Å². The molecule has 1 aromatic rings. The first-order chi connectivity index (χ1) is 9.86. The summed E-state index contributed by atoms with van der Waals surface area (Å²) in [6, 6.07) is 7.85. The molecule has 1 N–H and O–H groups in total. The summed E-state index contributed by atoms with van der Waals surface area (Å²) in [5, 5.41) is 3.40. The molecule has 0 radical (unpaired) electrons. The molecule has 0 unspecified atom stereocenters. The minimum absolute atomic E-state index is 0.711. The van der Waals surface area contributed by atoms with E-state index in [0.717, 1.165) is 37.6 Å².